The van der Waals surface area contributed by atoms with Gasteiger partial charge < -0.3 is 19.6 Å². The predicted molar refractivity (Wildman–Crippen MR) is 115 cm³/mol. The van der Waals surface area contributed by atoms with E-state index in [2.05, 4.69) is 33.9 Å². The van der Waals surface area contributed by atoms with Gasteiger partial charge in [0.05, 0.1) is 12.3 Å². The average Bonchev–Trinajstić information content (AvgIpc) is 2.60. The first-order chi connectivity index (χ1) is 12.7. The summed E-state index contributed by atoms with van der Waals surface area (Å²) in [5, 5.41) is 0.262. The van der Waals surface area contributed by atoms with Gasteiger partial charge in [-0.2, -0.15) is 0 Å². The van der Waals surface area contributed by atoms with Crippen LogP contribution in [-0.4, -0.2) is 21.5 Å². The van der Waals surface area contributed by atoms with Gasteiger partial charge in [0.1, 0.15) is 17.2 Å². The van der Waals surface area contributed by atoms with Crippen molar-refractivity contribution in [2.75, 3.05) is 18.9 Å². The molecule has 148 valence electrons. The number of nitrogens with two attached hydrogens (primary N) is 1. The molecule has 0 bridgehead atoms. The van der Waals surface area contributed by atoms with E-state index in [0.29, 0.717) is 18.0 Å². The van der Waals surface area contributed by atoms with E-state index in [1.165, 1.54) is 0 Å². The Morgan fingerprint density at radius 3 is 2.07 bits per heavy atom. The monoisotopic (exact) mass is 387 g/mol. The van der Waals surface area contributed by atoms with Crippen molar-refractivity contribution in [1.29, 1.82) is 0 Å². The molecule has 0 spiro atoms. The van der Waals surface area contributed by atoms with Crippen LogP contribution in [0.15, 0.2) is 48.5 Å². The predicted octanol–water partition coefficient (Wildman–Crippen LogP) is 6.24. The number of hydrogen-bond donors (Lipinski definition) is 1. The van der Waals surface area contributed by atoms with Gasteiger partial charge >= 0.3 is 0 Å². The van der Waals surface area contributed by atoms with Gasteiger partial charge in [-0.25, -0.2) is 0 Å². The fraction of sp³-hybridized carbons (Fsp3) is 0.455. The van der Waals surface area contributed by atoms with Gasteiger partial charge in [-0.1, -0.05) is 32.9 Å². The maximum absolute atomic E-state index is 6.18. The molecular weight excluding hydrogens is 354 g/mol. The van der Waals surface area contributed by atoms with Crippen molar-refractivity contribution >= 4 is 14.0 Å². The van der Waals surface area contributed by atoms with Crippen LogP contribution in [0.5, 0.6) is 17.2 Å². The molecule has 0 aromatic heterocycles. The van der Waals surface area contributed by atoms with Crippen LogP contribution in [0.4, 0.5) is 5.69 Å². The number of rotatable bonds is 9. The minimum absolute atomic E-state index is 0.262. The van der Waals surface area contributed by atoms with E-state index in [4.69, 9.17) is 19.6 Å². The fourth-order valence-corrected chi connectivity index (χ4v) is 3.33. The zero-order valence-electron chi connectivity index (χ0n) is 17.2. The molecule has 2 N–H and O–H groups in total. The third-order valence-corrected chi connectivity index (χ3v) is 9.59. The molecule has 0 radical (unpaired) electrons. The summed E-state index contributed by atoms with van der Waals surface area (Å²) in [6.07, 6.45) is 1.99. The number of unbranched alkanes of at least 4 members (excludes halogenated alkanes) is 1. The summed E-state index contributed by atoms with van der Waals surface area (Å²) in [7, 11) is -1.64. The van der Waals surface area contributed by atoms with Gasteiger partial charge in [0, 0.05) is 6.61 Å². The molecule has 0 saturated heterocycles. The van der Waals surface area contributed by atoms with E-state index in [1.54, 1.807) is 0 Å². The van der Waals surface area contributed by atoms with Gasteiger partial charge in [0.15, 0.2) is 8.32 Å². The normalized spacial score (nSPS) is 12.0. The van der Waals surface area contributed by atoms with Gasteiger partial charge in [0.2, 0.25) is 0 Å². The Morgan fingerprint density at radius 1 is 0.852 bits per heavy atom. The first-order valence-electron chi connectivity index (χ1n) is 9.58. The van der Waals surface area contributed by atoms with Crippen molar-refractivity contribution in [1.82, 2.24) is 0 Å². The summed E-state index contributed by atoms with van der Waals surface area (Å²) in [4.78, 5) is 0. The second-order valence-corrected chi connectivity index (χ2v) is 13.1. The third kappa shape index (κ3) is 6.59. The lowest BCUT2D eigenvalue weighted by molar-refractivity contribution is 0.252. The second kappa shape index (κ2) is 9.29. The molecule has 0 heterocycles. The van der Waals surface area contributed by atoms with Gasteiger partial charge in [-0.05, 0) is 67.4 Å². The molecule has 4 nitrogen and oxygen atoms in total. The van der Waals surface area contributed by atoms with E-state index < -0.39 is 8.32 Å². The number of anilines is 1. The Labute approximate surface area is 164 Å². The molecule has 5 heteroatoms. The zero-order chi connectivity index (χ0) is 19.9. The molecule has 0 fully saturated rings. The summed E-state index contributed by atoms with van der Waals surface area (Å²) >= 11 is 0. The van der Waals surface area contributed by atoms with Crippen molar-refractivity contribution in [2.45, 2.75) is 51.7 Å². The lowest BCUT2D eigenvalue weighted by Crippen LogP contribution is -2.41. The maximum Gasteiger partial charge on any atom is 0.191 e. The smallest absolute Gasteiger partial charge is 0.191 e. The first kappa shape index (κ1) is 21.3. The summed E-state index contributed by atoms with van der Waals surface area (Å²) in [5.74, 6) is 2.24. The Bertz CT molecular complexity index is 708. The highest BCUT2D eigenvalue weighted by Crippen LogP contribution is 2.36. The summed E-state index contributed by atoms with van der Waals surface area (Å²) in [5.41, 5.74) is 6.52. The molecule has 0 aliphatic heterocycles. The minimum Gasteiger partial charge on any atom is -0.494 e. The van der Waals surface area contributed by atoms with Gasteiger partial charge in [-0.15, -0.1) is 0 Å². The van der Waals surface area contributed by atoms with Crippen LogP contribution in [-0.2, 0) is 4.43 Å². The Morgan fingerprint density at radius 2 is 1.44 bits per heavy atom. The van der Waals surface area contributed by atoms with Crippen LogP contribution in [0, 0.1) is 0 Å². The third-order valence-electron chi connectivity index (χ3n) is 5.05. The lowest BCUT2D eigenvalue weighted by atomic mass is 10.2. The van der Waals surface area contributed by atoms with E-state index in [0.717, 1.165) is 30.9 Å². The summed E-state index contributed by atoms with van der Waals surface area (Å²) < 4.78 is 17.8. The topological polar surface area (TPSA) is 53.7 Å². The molecule has 2 rings (SSSR count). The van der Waals surface area contributed by atoms with Gasteiger partial charge in [0.25, 0.3) is 0 Å². The van der Waals surface area contributed by atoms with Crippen LogP contribution in [0.2, 0.25) is 18.1 Å². The van der Waals surface area contributed by atoms with Crippen molar-refractivity contribution in [2.24, 2.45) is 0 Å². The number of benzene rings is 2. The molecule has 0 saturated carbocycles. The number of para-hydroxylation sites is 2. The fourth-order valence-electron chi connectivity index (χ4n) is 2.24. The molecule has 0 amide bonds. The highest BCUT2D eigenvalue weighted by Gasteiger charge is 2.36. The molecular formula is C22H33NO3Si. The minimum atomic E-state index is -1.64. The Hall–Kier alpha value is -1.98. The standard InChI is InChI=1S/C22H33NO3Si/c1-22(2,3)27(4,5)25-17-9-8-16-24-18-12-14-19(15-13-18)26-21-11-7-6-10-20(21)23/h6-7,10-15H,8-9,16-17,23H2,1-5H3. The molecule has 0 unspecified atom stereocenters. The van der Waals surface area contributed by atoms with Gasteiger partial charge in [-0.3, -0.25) is 0 Å². The van der Waals surface area contributed by atoms with Crippen LogP contribution in [0.25, 0.3) is 0 Å². The van der Waals surface area contributed by atoms with Crippen molar-refractivity contribution < 1.29 is 13.9 Å². The van der Waals surface area contributed by atoms with Crippen molar-refractivity contribution in [3.63, 3.8) is 0 Å². The number of ether oxygens (including phenoxy) is 2. The van der Waals surface area contributed by atoms with E-state index >= 15 is 0 Å². The average molecular weight is 388 g/mol. The molecule has 0 atom stereocenters. The quantitative estimate of drug-likeness (QED) is 0.314. The van der Waals surface area contributed by atoms with Crippen molar-refractivity contribution in [3.05, 3.63) is 48.5 Å². The van der Waals surface area contributed by atoms with Crippen LogP contribution < -0.4 is 15.2 Å². The van der Waals surface area contributed by atoms with E-state index in [-0.39, 0.29) is 5.04 Å². The first-order valence-corrected chi connectivity index (χ1v) is 12.5. The SMILES string of the molecule is CC(C)(C)[Si](C)(C)OCCCCOc1ccc(Oc2ccccc2N)cc1. The second-order valence-electron chi connectivity index (χ2n) is 8.28. The van der Waals surface area contributed by atoms with Crippen LogP contribution >= 0.6 is 0 Å². The molecule has 0 aliphatic rings. The van der Waals surface area contributed by atoms with E-state index in [9.17, 15) is 0 Å². The summed E-state index contributed by atoms with van der Waals surface area (Å²) in [6.45, 7) is 12.9. The number of hydrogen-bond acceptors (Lipinski definition) is 4. The summed E-state index contributed by atoms with van der Waals surface area (Å²) in [6, 6.07) is 15.1. The number of nitrogen functional groups attached to an aromatic ring is 1. The van der Waals surface area contributed by atoms with E-state index in [1.807, 2.05) is 48.5 Å². The zero-order valence-corrected chi connectivity index (χ0v) is 18.2. The molecule has 27 heavy (non-hydrogen) atoms. The highest BCUT2D eigenvalue weighted by molar-refractivity contribution is 6.74. The molecule has 0 aliphatic carbocycles. The van der Waals surface area contributed by atoms with Crippen LogP contribution in [0.3, 0.4) is 0 Å². The Balaban J connectivity index is 1.69. The molecule has 2 aromatic carbocycles. The largest absolute Gasteiger partial charge is 0.494 e. The molecule has 2 aromatic rings. The lowest BCUT2D eigenvalue weighted by Gasteiger charge is -2.36. The maximum atomic E-state index is 6.18. The highest BCUT2D eigenvalue weighted by atomic mass is 28.4. The van der Waals surface area contributed by atoms with Crippen LogP contribution in [0.1, 0.15) is 33.6 Å². The van der Waals surface area contributed by atoms with Crippen molar-refractivity contribution in [3.8, 4) is 17.2 Å². The Kier molecular flexibility index (Phi) is 7.33.